The number of hydrogen-bond donors (Lipinski definition) is 3. The van der Waals surface area contributed by atoms with Gasteiger partial charge in [-0.15, -0.1) is 0 Å². The quantitative estimate of drug-likeness (QED) is 0.153. The fraction of sp³-hybridized carbons (Fsp3) is 1.00. The van der Waals surface area contributed by atoms with E-state index in [0.717, 1.165) is 0 Å². The number of aliphatic hydroxyl groups excluding tert-OH is 1. The highest BCUT2D eigenvalue weighted by Gasteiger charge is 2.18. The molecule has 0 bridgehead atoms. The van der Waals surface area contributed by atoms with E-state index in [1.807, 2.05) is 0 Å². The molecule has 0 aromatic carbocycles. The zero-order chi connectivity index (χ0) is 10.9. The number of nitrogens with two attached hydrogens (primary N) is 1. The van der Waals surface area contributed by atoms with Crippen LogP contribution in [-0.2, 0) is 9.47 Å². The number of aliphatic hydroxyl groups is 2. The summed E-state index contributed by atoms with van der Waals surface area (Å²) in [5.74, 6) is -2.02. The van der Waals surface area contributed by atoms with Crippen LogP contribution in [0.25, 0.3) is 10.4 Å². The van der Waals surface area contributed by atoms with Crippen LogP contribution in [0.4, 0.5) is 0 Å². The summed E-state index contributed by atoms with van der Waals surface area (Å²) < 4.78 is 9.71. The van der Waals surface area contributed by atoms with Crippen molar-refractivity contribution in [2.45, 2.75) is 5.85 Å². The van der Waals surface area contributed by atoms with E-state index in [2.05, 4.69) is 10.0 Å². The van der Waals surface area contributed by atoms with Crippen molar-refractivity contribution in [3.05, 3.63) is 10.4 Å². The molecule has 0 aliphatic rings. The van der Waals surface area contributed by atoms with Crippen LogP contribution in [0.2, 0.25) is 0 Å². The smallest absolute Gasteiger partial charge is 0.217 e. The lowest BCUT2D eigenvalue weighted by molar-refractivity contribution is -0.0524. The second kappa shape index (κ2) is 7.51. The Morgan fingerprint density at radius 3 is 2.57 bits per heavy atom. The van der Waals surface area contributed by atoms with Gasteiger partial charge in [0.1, 0.15) is 0 Å². The van der Waals surface area contributed by atoms with Crippen molar-refractivity contribution in [3.8, 4) is 0 Å². The summed E-state index contributed by atoms with van der Waals surface area (Å²) in [5, 5.41) is 20.3. The zero-order valence-electron chi connectivity index (χ0n) is 7.67. The third-order valence-electron chi connectivity index (χ3n) is 1.14. The first-order valence-corrected chi connectivity index (χ1v) is 3.96. The molecule has 0 aromatic rings. The van der Waals surface area contributed by atoms with Gasteiger partial charge in [-0.2, -0.15) is 0 Å². The second-order valence-electron chi connectivity index (χ2n) is 2.46. The minimum absolute atomic E-state index is 0.0560. The second-order valence-corrected chi connectivity index (χ2v) is 2.46. The first-order chi connectivity index (χ1) is 6.62. The molecule has 14 heavy (non-hydrogen) atoms. The average Bonchev–Trinajstić information content (AvgIpc) is 2.11. The molecule has 8 heteroatoms. The van der Waals surface area contributed by atoms with Crippen LogP contribution in [0, 0.1) is 0 Å². The van der Waals surface area contributed by atoms with Crippen LogP contribution in [0.3, 0.4) is 0 Å². The lowest BCUT2D eigenvalue weighted by Gasteiger charge is -2.16. The number of nitrogens with zero attached hydrogens (tertiary/aromatic N) is 3. The Hall–Kier alpha value is -0.890. The van der Waals surface area contributed by atoms with Crippen molar-refractivity contribution in [1.82, 2.24) is 0 Å². The van der Waals surface area contributed by atoms with Gasteiger partial charge in [-0.1, -0.05) is 0 Å². The van der Waals surface area contributed by atoms with Gasteiger partial charge in [0, 0.05) is 4.91 Å². The van der Waals surface area contributed by atoms with E-state index in [4.69, 9.17) is 31.0 Å². The minimum atomic E-state index is -2.02. The van der Waals surface area contributed by atoms with Crippen molar-refractivity contribution < 1.29 is 19.7 Å². The first-order valence-electron chi connectivity index (χ1n) is 3.96. The van der Waals surface area contributed by atoms with Gasteiger partial charge in [-0.3, -0.25) is 5.73 Å². The molecule has 4 N–H and O–H groups in total. The fourth-order valence-electron chi connectivity index (χ4n) is 0.613. The molecule has 0 amide bonds. The number of rotatable bonds is 8. The van der Waals surface area contributed by atoms with Gasteiger partial charge in [-0.25, -0.2) is 0 Å². The minimum Gasteiger partial charge on any atom is -0.394 e. The summed E-state index contributed by atoms with van der Waals surface area (Å²) in [5.41, 5.74) is 13.1. The highest BCUT2D eigenvalue weighted by atomic mass is 16.5. The normalized spacial score (nSPS) is 14.5. The van der Waals surface area contributed by atoms with Crippen molar-refractivity contribution in [3.63, 3.8) is 0 Å². The van der Waals surface area contributed by atoms with Crippen molar-refractivity contribution >= 4 is 0 Å². The molecule has 0 aliphatic heterocycles. The Labute approximate surface area is 80.9 Å². The molecule has 1 atom stereocenters. The SMILES string of the molecule is [N-]=[N+]=NC(N)(O)COCCOCCO. The molecule has 0 aliphatic carbocycles. The summed E-state index contributed by atoms with van der Waals surface area (Å²) >= 11 is 0. The molecular formula is C6H14N4O4. The van der Waals surface area contributed by atoms with E-state index < -0.39 is 5.85 Å². The van der Waals surface area contributed by atoms with Crippen LogP contribution >= 0.6 is 0 Å². The number of ether oxygens (including phenoxy) is 2. The van der Waals surface area contributed by atoms with Crippen LogP contribution in [-0.4, -0.2) is 49.1 Å². The van der Waals surface area contributed by atoms with E-state index in [1.54, 1.807) is 0 Å². The van der Waals surface area contributed by atoms with Gasteiger partial charge < -0.3 is 19.7 Å². The number of hydrogen-bond acceptors (Lipinski definition) is 6. The van der Waals surface area contributed by atoms with Gasteiger partial charge in [0.15, 0.2) is 0 Å². The summed E-state index contributed by atoms with van der Waals surface area (Å²) in [7, 11) is 0. The van der Waals surface area contributed by atoms with E-state index in [1.165, 1.54) is 0 Å². The largest absolute Gasteiger partial charge is 0.394 e. The average molecular weight is 206 g/mol. The Bertz CT molecular complexity index is 192. The van der Waals surface area contributed by atoms with Crippen molar-refractivity contribution in [1.29, 1.82) is 0 Å². The molecule has 1 unspecified atom stereocenters. The third-order valence-corrected chi connectivity index (χ3v) is 1.14. The number of azide groups is 1. The maximum Gasteiger partial charge on any atom is 0.217 e. The predicted octanol–water partition coefficient (Wildman–Crippen LogP) is -1.07. The van der Waals surface area contributed by atoms with Crippen molar-refractivity contribution in [2.24, 2.45) is 10.8 Å². The Balaban J connectivity index is 3.39. The standard InChI is InChI=1S/C6H14N4O4/c7-6(12,9-10-8)5-14-4-3-13-2-1-11/h11-12H,1-5,7H2. The van der Waals surface area contributed by atoms with Crippen molar-refractivity contribution in [2.75, 3.05) is 33.0 Å². The molecule has 0 rings (SSSR count). The highest BCUT2D eigenvalue weighted by Crippen LogP contribution is 1.97. The molecule has 82 valence electrons. The topological polar surface area (TPSA) is 134 Å². The van der Waals surface area contributed by atoms with Gasteiger partial charge >= 0.3 is 0 Å². The molecule has 0 aromatic heterocycles. The highest BCUT2D eigenvalue weighted by molar-refractivity contribution is 4.66. The fourth-order valence-corrected chi connectivity index (χ4v) is 0.613. The Morgan fingerprint density at radius 1 is 1.36 bits per heavy atom. The zero-order valence-corrected chi connectivity index (χ0v) is 7.67. The molecule has 0 heterocycles. The molecule has 8 nitrogen and oxygen atoms in total. The third kappa shape index (κ3) is 7.74. The van der Waals surface area contributed by atoms with Gasteiger partial charge in [0.2, 0.25) is 5.85 Å². The monoisotopic (exact) mass is 206 g/mol. The van der Waals surface area contributed by atoms with E-state index in [0.29, 0.717) is 0 Å². The maximum atomic E-state index is 9.07. The maximum absolute atomic E-state index is 9.07. The Kier molecular flexibility index (Phi) is 7.03. The van der Waals surface area contributed by atoms with Crippen LogP contribution in [0.5, 0.6) is 0 Å². The van der Waals surface area contributed by atoms with Crippen LogP contribution in [0.1, 0.15) is 0 Å². The van der Waals surface area contributed by atoms with Gasteiger partial charge in [0.05, 0.1) is 33.0 Å². The van der Waals surface area contributed by atoms with Crippen LogP contribution in [0.15, 0.2) is 5.11 Å². The summed E-state index contributed by atoms with van der Waals surface area (Å²) in [6, 6.07) is 0. The van der Waals surface area contributed by atoms with E-state index in [9.17, 15) is 0 Å². The molecule has 0 saturated carbocycles. The molecule has 0 saturated heterocycles. The summed E-state index contributed by atoms with van der Waals surface area (Å²) in [4.78, 5) is 2.34. The summed E-state index contributed by atoms with van der Waals surface area (Å²) in [6.45, 7) is 0.332. The molecule has 0 spiro atoms. The molecule has 0 radical (unpaired) electrons. The van der Waals surface area contributed by atoms with Gasteiger partial charge in [0.25, 0.3) is 0 Å². The van der Waals surface area contributed by atoms with Gasteiger partial charge in [-0.05, 0) is 10.6 Å². The first kappa shape index (κ1) is 13.1. The Morgan fingerprint density at radius 2 is 2.00 bits per heavy atom. The predicted molar refractivity (Wildman–Crippen MR) is 47.0 cm³/mol. The lowest BCUT2D eigenvalue weighted by Crippen LogP contribution is -2.42. The van der Waals surface area contributed by atoms with E-state index in [-0.39, 0.29) is 33.0 Å². The molecular weight excluding hydrogens is 192 g/mol. The lowest BCUT2D eigenvalue weighted by atomic mass is 10.5. The molecule has 0 fully saturated rings. The summed E-state index contributed by atoms with van der Waals surface area (Å²) in [6.07, 6.45) is 0. The van der Waals surface area contributed by atoms with E-state index >= 15 is 0 Å². The van der Waals surface area contributed by atoms with Crippen LogP contribution < -0.4 is 5.73 Å².